The number of ether oxygens (including phenoxy) is 1. The molecule has 3 aromatic rings. The van der Waals surface area contributed by atoms with Gasteiger partial charge in [-0.1, -0.05) is 6.07 Å². The zero-order chi connectivity index (χ0) is 22.2. The van der Waals surface area contributed by atoms with Crippen LogP contribution in [0.25, 0.3) is 16.7 Å². The summed E-state index contributed by atoms with van der Waals surface area (Å²) in [6.07, 6.45) is -0.821. The second-order valence-corrected chi connectivity index (χ2v) is 7.40. The molecule has 1 fully saturated rings. The zero-order valence-electron chi connectivity index (χ0n) is 17.0. The van der Waals surface area contributed by atoms with Gasteiger partial charge >= 0.3 is 0 Å². The Labute approximate surface area is 176 Å². The number of hydrogen-bond donors (Lipinski definition) is 1. The van der Waals surface area contributed by atoms with Gasteiger partial charge in [0.15, 0.2) is 11.6 Å². The molecule has 0 atom stereocenters. The fraction of sp³-hybridized carbons (Fsp3) is 0.450. The Balaban J connectivity index is 1.76. The SMILES string of the molecule is CCOCNc1cc2c(cn1)c(N1CC(C(F)F)C1)nn2-c1cccc(C(C)(F)F)n1. The third-order valence-corrected chi connectivity index (χ3v) is 5.07. The van der Waals surface area contributed by atoms with Gasteiger partial charge in [-0.25, -0.2) is 23.4 Å². The number of fused-ring (bicyclic) bond motifs is 1. The normalized spacial score (nSPS) is 15.0. The highest BCUT2D eigenvalue weighted by Gasteiger charge is 2.36. The van der Waals surface area contributed by atoms with Crippen LogP contribution in [0.5, 0.6) is 0 Å². The van der Waals surface area contributed by atoms with Gasteiger partial charge in [-0.05, 0) is 19.1 Å². The second kappa shape index (κ2) is 8.29. The van der Waals surface area contributed by atoms with Crippen molar-refractivity contribution in [3.8, 4) is 5.82 Å². The Morgan fingerprint density at radius 1 is 1.29 bits per heavy atom. The summed E-state index contributed by atoms with van der Waals surface area (Å²) >= 11 is 0. The van der Waals surface area contributed by atoms with Crippen LogP contribution in [0, 0.1) is 5.92 Å². The van der Waals surface area contributed by atoms with Crippen molar-refractivity contribution in [1.29, 1.82) is 0 Å². The van der Waals surface area contributed by atoms with E-state index in [0.717, 1.165) is 6.92 Å². The highest BCUT2D eigenvalue weighted by molar-refractivity contribution is 5.92. The van der Waals surface area contributed by atoms with E-state index in [-0.39, 0.29) is 31.3 Å². The van der Waals surface area contributed by atoms with Gasteiger partial charge in [0.1, 0.15) is 18.2 Å². The average molecular weight is 438 g/mol. The van der Waals surface area contributed by atoms with Crippen LogP contribution < -0.4 is 10.2 Å². The summed E-state index contributed by atoms with van der Waals surface area (Å²) < 4.78 is 60.2. The summed E-state index contributed by atoms with van der Waals surface area (Å²) in [5.41, 5.74) is 0.175. The van der Waals surface area contributed by atoms with Crippen molar-refractivity contribution < 1.29 is 22.3 Å². The molecule has 1 aliphatic heterocycles. The van der Waals surface area contributed by atoms with Crippen molar-refractivity contribution in [3.05, 3.63) is 36.2 Å². The predicted octanol–water partition coefficient (Wildman–Crippen LogP) is 4.03. The van der Waals surface area contributed by atoms with Gasteiger partial charge in [0.2, 0.25) is 6.43 Å². The number of hydrogen-bond acceptors (Lipinski definition) is 6. The molecule has 4 heterocycles. The summed E-state index contributed by atoms with van der Waals surface area (Å²) in [6.45, 7) is 3.73. The number of halogens is 4. The molecule has 7 nitrogen and oxygen atoms in total. The highest BCUT2D eigenvalue weighted by Crippen LogP contribution is 2.35. The Morgan fingerprint density at radius 2 is 2.06 bits per heavy atom. The van der Waals surface area contributed by atoms with Crippen molar-refractivity contribution in [2.75, 3.05) is 36.6 Å². The Morgan fingerprint density at radius 3 is 2.74 bits per heavy atom. The minimum atomic E-state index is -3.12. The van der Waals surface area contributed by atoms with Crippen LogP contribution in [0.1, 0.15) is 19.5 Å². The molecule has 0 unspecified atom stereocenters. The molecule has 0 radical (unpaired) electrons. The largest absolute Gasteiger partial charge is 0.362 e. The second-order valence-electron chi connectivity index (χ2n) is 7.40. The van der Waals surface area contributed by atoms with E-state index >= 15 is 0 Å². The molecule has 0 bridgehead atoms. The van der Waals surface area contributed by atoms with Gasteiger partial charge in [0.05, 0.1) is 16.8 Å². The monoisotopic (exact) mass is 438 g/mol. The van der Waals surface area contributed by atoms with Gasteiger partial charge in [-0.2, -0.15) is 8.78 Å². The number of pyridine rings is 2. The molecule has 166 valence electrons. The van der Waals surface area contributed by atoms with Crippen LogP contribution in [0.2, 0.25) is 0 Å². The third-order valence-electron chi connectivity index (χ3n) is 5.07. The fourth-order valence-electron chi connectivity index (χ4n) is 3.36. The minimum absolute atomic E-state index is 0.161. The van der Waals surface area contributed by atoms with Crippen LogP contribution in [-0.4, -0.2) is 52.6 Å². The predicted molar refractivity (Wildman–Crippen MR) is 108 cm³/mol. The molecular formula is C20H22F4N6O. The molecular weight excluding hydrogens is 416 g/mol. The molecule has 4 rings (SSSR count). The minimum Gasteiger partial charge on any atom is -0.362 e. The molecule has 0 spiro atoms. The number of alkyl halides is 4. The Hall–Kier alpha value is -2.95. The lowest BCUT2D eigenvalue weighted by Gasteiger charge is -2.39. The maximum atomic E-state index is 13.8. The van der Waals surface area contributed by atoms with Crippen LogP contribution in [0.15, 0.2) is 30.5 Å². The van der Waals surface area contributed by atoms with E-state index in [4.69, 9.17) is 4.74 Å². The van der Waals surface area contributed by atoms with E-state index in [9.17, 15) is 17.6 Å². The summed E-state index contributed by atoms with van der Waals surface area (Å²) in [4.78, 5) is 10.1. The molecule has 0 amide bonds. The van der Waals surface area contributed by atoms with Gasteiger partial charge in [-0.15, -0.1) is 5.10 Å². The first-order chi connectivity index (χ1) is 14.8. The standard InChI is InChI=1S/C20H22F4N6O/c1-3-31-11-26-16-7-14-13(8-25-16)19(29-9-12(10-29)18(21)22)28-30(14)17-6-4-5-15(27-17)20(2,23)24/h4-8,12,18H,3,9-11H2,1-2H3,(H,25,26). The number of aromatic nitrogens is 4. The van der Waals surface area contributed by atoms with E-state index in [2.05, 4.69) is 20.4 Å². The van der Waals surface area contributed by atoms with E-state index in [1.54, 1.807) is 23.2 Å². The smallest absolute Gasteiger partial charge is 0.287 e. The third kappa shape index (κ3) is 4.27. The summed E-state index contributed by atoms with van der Waals surface area (Å²) in [5, 5.41) is 8.16. The van der Waals surface area contributed by atoms with Crippen LogP contribution in [0.3, 0.4) is 0 Å². The number of anilines is 2. The maximum absolute atomic E-state index is 13.8. The lowest BCUT2D eigenvalue weighted by atomic mass is 10.0. The molecule has 0 aromatic carbocycles. The fourth-order valence-corrected chi connectivity index (χ4v) is 3.36. The van der Waals surface area contributed by atoms with Crippen molar-refractivity contribution >= 4 is 22.5 Å². The number of rotatable bonds is 8. The average Bonchev–Trinajstić information content (AvgIpc) is 3.05. The molecule has 1 aliphatic rings. The first-order valence-corrected chi connectivity index (χ1v) is 9.87. The van der Waals surface area contributed by atoms with Gasteiger partial charge in [-0.3, -0.25) is 0 Å². The van der Waals surface area contributed by atoms with Crippen LogP contribution >= 0.6 is 0 Å². The topological polar surface area (TPSA) is 68.1 Å². The Bertz CT molecular complexity index is 1060. The lowest BCUT2D eigenvalue weighted by molar-refractivity contribution is 0.0127. The van der Waals surface area contributed by atoms with E-state index in [1.807, 2.05) is 6.92 Å². The summed E-state index contributed by atoms with van der Waals surface area (Å²) in [5.74, 6) is -2.68. The van der Waals surface area contributed by atoms with Crippen molar-refractivity contribution in [2.45, 2.75) is 26.2 Å². The molecule has 0 aliphatic carbocycles. The zero-order valence-corrected chi connectivity index (χ0v) is 17.0. The molecule has 0 saturated carbocycles. The number of nitrogens with zero attached hydrogens (tertiary/aromatic N) is 5. The number of nitrogens with one attached hydrogen (secondary N) is 1. The quantitative estimate of drug-likeness (QED) is 0.325. The van der Waals surface area contributed by atoms with Gasteiger partial charge < -0.3 is 15.0 Å². The van der Waals surface area contributed by atoms with Crippen molar-refractivity contribution in [2.24, 2.45) is 5.92 Å². The van der Waals surface area contributed by atoms with Crippen molar-refractivity contribution in [3.63, 3.8) is 0 Å². The van der Waals surface area contributed by atoms with E-state index < -0.39 is 18.3 Å². The Kier molecular flexibility index (Phi) is 5.69. The summed E-state index contributed by atoms with van der Waals surface area (Å²) in [6, 6.07) is 5.99. The molecule has 1 saturated heterocycles. The van der Waals surface area contributed by atoms with Crippen LogP contribution in [0.4, 0.5) is 29.2 Å². The van der Waals surface area contributed by atoms with Gasteiger partial charge in [0.25, 0.3) is 5.92 Å². The lowest BCUT2D eigenvalue weighted by Crippen LogP contribution is -2.50. The first-order valence-electron chi connectivity index (χ1n) is 9.87. The summed E-state index contributed by atoms with van der Waals surface area (Å²) in [7, 11) is 0. The molecule has 1 N–H and O–H groups in total. The molecule has 31 heavy (non-hydrogen) atoms. The van der Waals surface area contributed by atoms with Crippen molar-refractivity contribution in [1.82, 2.24) is 19.7 Å². The van der Waals surface area contributed by atoms with Crippen LogP contribution in [-0.2, 0) is 10.7 Å². The van der Waals surface area contributed by atoms with Gasteiger partial charge in [0, 0.05) is 38.9 Å². The van der Waals surface area contributed by atoms with E-state index in [0.29, 0.717) is 29.1 Å². The molecule has 3 aromatic heterocycles. The maximum Gasteiger partial charge on any atom is 0.287 e. The highest BCUT2D eigenvalue weighted by atomic mass is 19.3. The molecule has 11 heteroatoms. The first kappa shape index (κ1) is 21.3. The van der Waals surface area contributed by atoms with E-state index in [1.165, 1.54) is 16.8 Å².